The van der Waals surface area contributed by atoms with Crippen molar-refractivity contribution in [2.45, 2.75) is 6.04 Å². The number of likely N-dealkylation sites (N-methyl/N-ethyl adjacent to an activating group) is 1. The van der Waals surface area contributed by atoms with Crippen molar-refractivity contribution in [3.8, 4) is 0 Å². The van der Waals surface area contributed by atoms with Crippen molar-refractivity contribution in [2.75, 3.05) is 25.6 Å². The number of halogens is 3. The van der Waals surface area contributed by atoms with Crippen molar-refractivity contribution in [1.82, 2.24) is 5.32 Å². The molecule has 1 amide bonds. The zero-order valence-electron chi connectivity index (χ0n) is 10.2. The van der Waals surface area contributed by atoms with E-state index in [9.17, 15) is 13.6 Å². The number of hydrogen-bond acceptors (Lipinski definition) is 3. The molecule has 0 spiro atoms. The molecule has 19 heavy (non-hydrogen) atoms. The lowest BCUT2D eigenvalue weighted by Gasteiger charge is -2.16. The molecule has 7 heteroatoms. The number of anilines is 1. The number of nitrogens with one attached hydrogen (secondary N) is 2. The molecule has 1 fully saturated rings. The van der Waals surface area contributed by atoms with Gasteiger partial charge in [-0.15, -0.1) is 0 Å². The average molecular weight is 335 g/mol. The fourth-order valence-corrected chi connectivity index (χ4v) is 2.26. The number of amides is 1. The van der Waals surface area contributed by atoms with E-state index in [-0.39, 0.29) is 22.8 Å². The second-order valence-electron chi connectivity index (χ2n) is 4.27. The highest BCUT2D eigenvalue weighted by molar-refractivity contribution is 9.10. The maximum atomic E-state index is 13.6. The van der Waals surface area contributed by atoms with Gasteiger partial charge in [-0.1, -0.05) is 0 Å². The molecule has 1 saturated heterocycles. The summed E-state index contributed by atoms with van der Waals surface area (Å²) in [4.78, 5) is 12.0. The summed E-state index contributed by atoms with van der Waals surface area (Å²) in [5.41, 5.74) is -0.174. The zero-order valence-corrected chi connectivity index (χ0v) is 11.8. The summed E-state index contributed by atoms with van der Waals surface area (Å²) < 4.78 is 32.1. The highest BCUT2D eigenvalue weighted by Crippen LogP contribution is 2.24. The normalized spacial score (nSPS) is 22.5. The van der Waals surface area contributed by atoms with Crippen LogP contribution in [0.3, 0.4) is 0 Å². The van der Waals surface area contributed by atoms with Crippen LogP contribution in [0, 0.1) is 17.6 Å². The van der Waals surface area contributed by atoms with Crippen LogP contribution in [0.4, 0.5) is 14.5 Å². The van der Waals surface area contributed by atoms with Gasteiger partial charge in [0.15, 0.2) is 0 Å². The third kappa shape index (κ3) is 3.10. The molecule has 0 radical (unpaired) electrons. The lowest BCUT2D eigenvalue weighted by Crippen LogP contribution is -2.39. The first-order chi connectivity index (χ1) is 9.02. The molecule has 0 saturated carbocycles. The van der Waals surface area contributed by atoms with Crippen molar-refractivity contribution in [1.29, 1.82) is 0 Å². The molecule has 0 aliphatic carbocycles. The first-order valence-electron chi connectivity index (χ1n) is 5.73. The Labute approximate surface area is 117 Å². The van der Waals surface area contributed by atoms with Crippen LogP contribution in [-0.2, 0) is 9.53 Å². The number of rotatable bonds is 3. The van der Waals surface area contributed by atoms with Gasteiger partial charge < -0.3 is 15.4 Å². The molecule has 2 N–H and O–H groups in total. The summed E-state index contributed by atoms with van der Waals surface area (Å²) in [6.07, 6.45) is 0. The maximum Gasteiger partial charge on any atom is 0.231 e. The average Bonchev–Trinajstić information content (AvgIpc) is 2.84. The van der Waals surface area contributed by atoms with Gasteiger partial charge in [-0.05, 0) is 29.0 Å². The van der Waals surface area contributed by atoms with Gasteiger partial charge in [0.1, 0.15) is 11.6 Å². The second-order valence-corrected chi connectivity index (χ2v) is 5.13. The molecule has 1 aromatic carbocycles. The van der Waals surface area contributed by atoms with E-state index in [1.807, 2.05) is 0 Å². The topological polar surface area (TPSA) is 50.4 Å². The van der Waals surface area contributed by atoms with Gasteiger partial charge in [-0.25, -0.2) is 8.78 Å². The monoisotopic (exact) mass is 334 g/mol. The maximum absolute atomic E-state index is 13.6. The zero-order chi connectivity index (χ0) is 14.0. The predicted molar refractivity (Wildman–Crippen MR) is 69.8 cm³/mol. The van der Waals surface area contributed by atoms with Gasteiger partial charge in [-0.2, -0.15) is 0 Å². The lowest BCUT2D eigenvalue weighted by molar-refractivity contribution is -0.120. The van der Waals surface area contributed by atoms with E-state index in [0.717, 1.165) is 12.1 Å². The first kappa shape index (κ1) is 14.4. The third-order valence-corrected chi connectivity index (χ3v) is 3.66. The van der Waals surface area contributed by atoms with Gasteiger partial charge in [0, 0.05) is 12.1 Å². The molecule has 104 valence electrons. The summed E-state index contributed by atoms with van der Waals surface area (Å²) >= 11 is 2.88. The predicted octanol–water partition coefficient (Wildman–Crippen LogP) is 1.90. The van der Waals surface area contributed by atoms with E-state index in [1.54, 1.807) is 7.05 Å². The molecule has 2 rings (SSSR count). The van der Waals surface area contributed by atoms with E-state index < -0.39 is 23.5 Å². The molecule has 4 nitrogen and oxygen atoms in total. The van der Waals surface area contributed by atoms with Gasteiger partial charge in [-0.3, -0.25) is 4.79 Å². The highest BCUT2D eigenvalue weighted by Gasteiger charge is 2.33. The highest BCUT2D eigenvalue weighted by atomic mass is 79.9. The van der Waals surface area contributed by atoms with Crippen LogP contribution in [0.5, 0.6) is 0 Å². The van der Waals surface area contributed by atoms with Crippen molar-refractivity contribution in [2.24, 2.45) is 5.92 Å². The van der Waals surface area contributed by atoms with Gasteiger partial charge in [0.05, 0.1) is 29.3 Å². The van der Waals surface area contributed by atoms with Crippen molar-refractivity contribution in [3.63, 3.8) is 0 Å². The van der Waals surface area contributed by atoms with Crippen molar-refractivity contribution < 1.29 is 18.3 Å². The van der Waals surface area contributed by atoms with Crippen molar-refractivity contribution in [3.05, 3.63) is 28.2 Å². The van der Waals surface area contributed by atoms with E-state index in [0.29, 0.717) is 6.61 Å². The molecule has 2 atom stereocenters. The first-order valence-corrected chi connectivity index (χ1v) is 6.52. The second kappa shape index (κ2) is 5.94. The van der Waals surface area contributed by atoms with Crippen LogP contribution in [0.25, 0.3) is 0 Å². The standard InChI is InChI=1S/C12H13BrF2N2O2/c1-16-11-5-19-4-6(11)12(18)17-10-3-8(14)7(13)2-9(10)15/h2-3,6,11,16H,4-5H2,1H3,(H,17,18). The van der Waals surface area contributed by atoms with E-state index in [2.05, 4.69) is 26.6 Å². The summed E-state index contributed by atoms with van der Waals surface area (Å²) in [6.45, 7) is 0.684. The summed E-state index contributed by atoms with van der Waals surface area (Å²) in [7, 11) is 1.72. The van der Waals surface area contributed by atoms with Crippen LogP contribution >= 0.6 is 15.9 Å². The quantitative estimate of drug-likeness (QED) is 0.830. The van der Waals surface area contributed by atoms with E-state index >= 15 is 0 Å². The van der Waals surface area contributed by atoms with Gasteiger partial charge in [0.2, 0.25) is 5.91 Å². The fraction of sp³-hybridized carbons (Fsp3) is 0.417. The number of benzene rings is 1. The van der Waals surface area contributed by atoms with Crippen molar-refractivity contribution >= 4 is 27.5 Å². The minimum atomic E-state index is -0.693. The lowest BCUT2D eigenvalue weighted by atomic mass is 10.0. The molecular formula is C12H13BrF2N2O2. The summed E-state index contributed by atoms with van der Waals surface area (Å²) in [5, 5.41) is 5.34. The van der Waals surface area contributed by atoms with E-state index in [4.69, 9.17) is 4.74 Å². The summed E-state index contributed by atoms with van der Waals surface area (Å²) in [6, 6.07) is 1.80. The van der Waals surface area contributed by atoms with Crippen LogP contribution < -0.4 is 10.6 Å². The Morgan fingerprint density at radius 1 is 1.37 bits per heavy atom. The van der Waals surface area contributed by atoms with Crippen LogP contribution in [-0.4, -0.2) is 32.2 Å². The number of hydrogen-bond donors (Lipinski definition) is 2. The largest absolute Gasteiger partial charge is 0.379 e. The smallest absolute Gasteiger partial charge is 0.231 e. The molecule has 0 bridgehead atoms. The molecule has 1 aliphatic rings. The van der Waals surface area contributed by atoms with Gasteiger partial charge >= 0.3 is 0 Å². The summed E-state index contributed by atoms with van der Waals surface area (Å²) in [5.74, 6) is -2.14. The minimum absolute atomic E-state index is 0.0142. The minimum Gasteiger partial charge on any atom is -0.379 e. The Morgan fingerprint density at radius 2 is 2.11 bits per heavy atom. The molecule has 1 heterocycles. The third-order valence-electron chi connectivity index (χ3n) is 3.06. The molecule has 1 aliphatic heterocycles. The Bertz CT molecular complexity index is 499. The van der Waals surface area contributed by atoms with E-state index in [1.165, 1.54) is 0 Å². The number of carbonyl (C=O) groups is 1. The molecule has 0 aromatic heterocycles. The number of ether oxygens (including phenoxy) is 1. The Morgan fingerprint density at radius 3 is 2.79 bits per heavy atom. The SMILES string of the molecule is CNC1COCC1C(=O)Nc1cc(F)c(Br)cc1F. The molecule has 1 aromatic rings. The van der Waals surface area contributed by atoms with Crippen LogP contribution in [0.1, 0.15) is 0 Å². The Hall–Kier alpha value is -1.05. The molecular weight excluding hydrogens is 322 g/mol. The number of carbonyl (C=O) groups excluding carboxylic acids is 1. The molecule has 2 unspecified atom stereocenters. The van der Waals surface area contributed by atoms with Crippen LogP contribution in [0.15, 0.2) is 16.6 Å². The fourth-order valence-electron chi connectivity index (χ4n) is 1.94. The Balaban J connectivity index is 2.13. The van der Waals surface area contributed by atoms with Gasteiger partial charge in [0.25, 0.3) is 0 Å². The van der Waals surface area contributed by atoms with Crippen LogP contribution in [0.2, 0.25) is 0 Å². The Kier molecular flexibility index (Phi) is 4.49.